The summed E-state index contributed by atoms with van der Waals surface area (Å²) in [5.74, 6) is -0.726. The predicted molar refractivity (Wildman–Crippen MR) is 67.1 cm³/mol. The highest BCUT2D eigenvalue weighted by Gasteiger charge is 2.05. The second kappa shape index (κ2) is 5.63. The van der Waals surface area contributed by atoms with Crippen LogP contribution in [0, 0.1) is 0 Å². The predicted octanol–water partition coefficient (Wildman–Crippen LogP) is 2.94. The van der Waals surface area contributed by atoms with Crippen LogP contribution in [0.4, 0.5) is 0 Å². The van der Waals surface area contributed by atoms with Crippen LogP contribution in [0.15, 0.2) is 23.7 Å². The fourth-order valence-corrected chi connectivity index (χ4v) is 2.43. The number of nitrogens with one attached hydrogen (secondary N) is 1. The van der Waals surface area contributed by atoms with Crippen molar-refractivity contribution >= 4 is 17.3 Å². The molecule has 5 heteroatoms. The van der Waals surface area contributed by atoms with Crippen LogP contribution >= 0.6 is 11.3 Å². The van der Waals surface area contributed by atoms with E-state index < -0.39 is 5.97 Å². The van der Waals surface area contributed by atoms with Gasteiger partial charge in [0.2, 0.25) is 0 Å². The average molecular weight is 250 g/mol. The molecule has 2 rings (SSSR count). The van der Waals surface area contributed by atoms with Gasteiger partial charge in [-0.1, -0.05) is 0 Å². The maximum absolute atomic E-state index is 10.4. The van der Waals surface area contributed by atoms with Crippen LogP contribution < -0.4 is 0 Å². The minimum absolute atomic E-state index is 0.245. The van der Waals surface area contributed by atoms with Crippen molar-refractivity contribution in [1.82, 2.24) is 9.97 Å². The molecule has 0 aliphatic carbocycles. The van der Waals surface area contributed by atoms with Gasteiger partial charge in [0.25, 0.3) is 0 Å². The van der Waals surface area contributed by atoms with Gasteiger partial charge in [0.05, 0.1) is 16.4 Å². The quantitative estimate of drug-likeness (QED) is 0.775. The van der Waals surface area contributed by atoms with Crippen molar-refractivity contribution in [3.05, 3.63) is 28.7 Å². The number of hydrogen-bond acceptors (Lipinski definition) is 3. The summed E-state index contributed by atoms with van der Waals surface area (Å²) < 4.78 is 0. The van der Waals surface area contributed by atoms with Crippen molar-refractivity contribution in [2.24, 2.45) is 0 Å². The first-order valence-electron chi connectivity index (χ1n) is 5.55. The van der Waals surface area contributed by atoms with Crippen LogP contribution in [0.2, 0.25) is 0 Å². The average Bonchev–Trinajstić information content (AvgIpc) is 2.94. The molecule has 0 aliphatic heterocycles. The van der Waals surface area contributed by atoms with Crippen LogP contribution in [0.5, 0.6) is 0 Å². The number of rotatable bonds is 6. The highest BCUT2D eigenvalue weighted by atomic mass is 32.1. The standard InChI is InChI=1S/C12H14N2O2S/c15-12(16)6-2-1-5-11-14-10(8-17-11)9-4-3-7-13-9/h3-4,7-8,13H,1-2,5-6H2,(H,15,16). The Morgan fingerprint density at radius 2 is 2.35 bits per heavy atom. The second-order valence-electron chi connectivity index (χ2n) is 3.81. The lowest BCUT2D eigenvalue weighted by Crippen LogP contribution is -1.94. The number of carboxylic acid groups (broad SMARTS) is 1. The maximum atomic E-state index is 10.4. The van der Waals surface area contributed by atoms with E-state index in [2.05, 4.69) is 9.97 Å². The Bertz CT molecular complexity index is 476. The number of carboxylic acids is 1. The lowest BCUT2D eigenvalue weighted by atomic mass is 10.2. The Hall–Kier alpha value is -1.62. The molecule has 0 radical (unpaired) electrons. The van der Waals surface area contributed by atoms with Gasteiger partial charge in [0, 0.05) is 18.0 Å². The molecule has 0 amide bonds. The van der Waals surface area contributed by atoms with Gasteiger partial charge >= 0.3 is 5.97 Å². The molecule has 0 aromatic carbocycles. The summed E-state index contributed by atoms with van der Waals surface area (Å²) in [6, 6.07) is 3.93. The number of hydrogen-bond donors (Lipinski definition) is 2. The van der Waals surface area contributed by atoms with E-state index in [0.29, 0.717) is 6.42 Å². The number of aryl methyl sites for hydroxylation is 1. The summed E-state index contributed by atoms with van der Waals surface area (Å²) in [5, 5.41) is 11.6. The normalized spacial score (nSPS) is 10.6. The lowest BCUT2D eigenvalue weighted by Gasteiger charge is -1.95. The number of carbonyl (C=O) groups is 1. The molecule has 0 saturated heterocycles. The van der Waals surface area contributed by atoms with Gasteiger partial charge in [-0.05, 0) is 31.4 Å². The van der Waals surface area contributed by atoms with Gasteiger partial charge in [0.15, 0.2) is 0 Å². The minimum Gasteiger partial charge on any atom is -0.481 e. The van der Waals surface area contributed by atoms with Gasteiger partial charge in [0.1, 0.15) is 0 Å². The number of aromatic nitrogens is 2. The highest BCUT2D eigenvalue weighted by Crippen LogP contribution is 2.21. The monoisotopic (exact) mass is 250 g/mol. The van der Waals surface area contributed by atoms with Crippen LogP contribution in [0.3, 0.4) is 0 Å². The number of nitrogens with zero attached hydrogens (tertiary/aromatic N) is 1. The van der Waals surface area contributed by atoms with E-state index >= 15 is 0 Å². The molecule has 0 unspecified atom stereocenters. The first-order chi connectivity index (χ1) is 8.25. The van der Waals surface area contributed by atoms with Crippen molar-refractivity contribution in [1.29, 1.82) is 0 Å². The van der Waals surface area contributed by atoms with Crippen molar-refractivity contribution in [2.75, 3.05) is 0 Å². The third kappa shape index (κ3) is 3.42. The highest BCUT2D eigenvalue weighted by molar-refractivity contribution is 7.09. The van der Waals surface area contributed by atoms with Crippen molar-refractivity contribution in [3.63, 3.8) is 0 Å². The fraction of sp³-hybridized carbons (Fsp3) is 0.333. The smallest absolute Gasteiger partial charge is 0.303 e. The summed E-state index contributed by atoms with van der Waals surface area (Å²) in [7, 11) is 0. The Morgan fingerprint density at radius 3 is 3.06 bits per heavy atom. The van der Waals surface area contributed by atoms with Gasteiger partial charge in [-0.3, -0.25) is 4.79 Å². The molecule has 0 bridgehead atoms. The SMILES string of the molecule is O=C(O)CCCCc1nc(-c2ccc[nH]2)cs1. The summed E-state index contributed by atoms with van der Waals surface area (Å²) in [6.45, 7) is 0. The zero-order valence-electron chi connectivity index (χ0n) is 9.35. The Morgan fingerprint density at radius 1 is 1.47 bits per heavy atom. The fourth-order valence-electron chi connectivity index (χ4n) is 1.59. The molecule has 0 fully saturated rings. The molecule has 2 heterocycles. The van der Waals surface area contributed by atoms with Crippen molar-refractivity contribution < 1.29 is 9.90 Å². The van der Waals surface area contributed by atoms with E-state index in [0.717, 1.165) is 29.2 Å². The van der Waals surface area contributed by atoms with Crippen molar-refractivity contribution in [2.45, 2.75) is 25.7 Å². The summed E-state index contributed by atoms with van der Waals surface area (Å²) in [4.78, 5) is 18.0. The number of H-pyrrole nitrogens is 1. The molecule has 0 atom stereocenters. The van der Waals surface area contributed by atoms with Crippen LogP contribution in [0.1, 0.15) is 24.3 Å². The second-order valence-corrected chi connectivity index (χ2v) is 4.75. The van der Waals surface area contributed by atoms with E-state index in [1.54, 1.807) is 11.3 Å². The zero-order chi connectivity index (χ0) is 12.1. The third-order valence-corrected chi connectivity index (χ3v) is 3.37. The Balaban J connectivity index is 1.84. The molecule has 2 aromatic heterocycles. The lowest BCUT2D eigenvalue weighted by molar-refractivity contribution is -0.137. The number of thiazole rings is 1. The molecule has 90 valence electrons. The number of aromatic amines is 1. The minimum atomic E-state index is -0.726. The molecule has 2 aromatic rings. The van der Waals surface area contributed by atoms with Gasteiger partial charge in [-0.2, -0.15) is 0 Å². The molecule has 2 N–H and O–H groups in total. The Kier molecular flexibility index (Phi) is 3.93. The van der Waals surface area contributed by atoms with Gasteiger partial charge < -0.3 is 10.1 Å². The summed E-state index contributed by atoms with van der Waals surface area (Å²) in [6.07, 6.45) is 4.57. The van der Waals surface area contributed by atoms with Crippen LogP contribution in [-0.2, 0) is 11.2 Å². The third-order valence-electron chi connectivity index (χ3n) is 2.46. The summed E-state index contributed by atoms with van der Waals surface area (Å²) >= 11 is 1.63. The molecule has 4 nitrogen and oxygen atoms in total. The molecule has 17 heavy (non-hydrogen) atoms. The zero-order valence-corrected chi connectivity index (χ0v) is 10.2. The largest absolute Gasteiger partial charge is 0.481 e. The van der Waals surface area contributed by atoms with Gasteiger partial charge in [-0.15, -0.1) is 11.3 Å². The Labute approximate surface area is 103 Å². The molecule has 0 aliphatic rings. The number of unbranched alkanes of at least 4 members (excludes halogenated alkanes) is 1. The molecular weight excluding hydrogens is 236 g/mol. The topological polar surface area (TPSA) is 66.0 Å². The molecule has 0 spiro atoms. The van der Waals surface area contributed by atoms with E-state index in [1.165, 1.54) is 0 Å². The van der Waals surface area contributed by atoms with E-state index in [-0.39, 0.29) is 6.42 Å². The van der Waals surface area contributed by atoms with Crippen LogP contribution in [-0.4, -0.2) is 21.0 Å². The first-order valence-corrected chi connectivity index (χ1v) is 6.43. The maximum Gasteiger partial charge on any atom is 0.303 e. The first kappa shape index (κ1) is 11.9. The van der Waals surface area contributed by atoms with Gasteiger partial charge in [-0.25, -0.2) is 4.98 Å². The molecular formula is C12H14N2O2S. The van der Waals surface area contributed by atoms with E-state index in [4.69, 9.17) is 5.11 Å². The summed E-state index contributed by atoms with van der Waals surface area (Å²) in [5.41, 5.74) is 1.99. The van der Waals surface area contributed by atoms with Crippen molar-refractivity contribution in [3.8, 4) is 11.4 Å². The van der Waals surface area contributed by atoms with Crippen LogP contribution in [0.25, 0.3) is 11.4 Å². The van der Waals surface area contributed by atoms with E-state index in [9.17, 15) is 4.79 Å². The number of aliphatic carboxylic acids is 1. The molecule has 0 saturated carbocycles. The van der Waals surface area contributed by atoms with E-state index in [1.807, 2.05) is 23.7 Å².